The lowest BCUT2D eigenvalue weighted by Crippen LogP contribution is -2.33. The quantitative estimate of drug-likeness (QED) is 0.565. The van der Waals surface area contributed by atoms with Gasteiger partial charge in [0.15, 0.2) is 5.82 Å². The van der Waals surface area contributed by atoms with Crippen LogP contribution in [0.3, 0.4) is 0 Å². The van der Waals surface area contributed by atoms with Crippen molar-refractivity contribution in [1.82, 2.24) is 20.4 Å². The SMILES string of the molecule is CN(CCc1noc(C(=O)NCc2ccccc2)n1)C(=O)Nc1cccc(Br)c1. The lowest BCUT2D eigenvalue weighted by atomic mass is 10.2. The van der Waals surface area contributed by atoms with E-state index in [0.717, 1.165) is 10.0 Å². The van der Waals surface area contributed by atoms with Crippen molar-refractivity contribution in [2.24, 2.45) is 0 Å². The third kappa shape index (κ3) is 6.15. The van der Waals surface area contributed by atoms with Gasteiger partial charge in [0.05, 0.1) is 0 Å². The van der Waals surface area contributed by atoms with E-state index in [4.69, 9.17) is 4.52 Å². The van der Waals surface area contributed by atoms with Crippen LogP contribution in [0, 0.1) is 0 Å². The molecule has 0 saturated heterocycles. The number of carbonyl (C=O) groups excluding carboxylic acids is 2. The molecule has 9 heteroatoms. The number of anilines is 1. The van der Waals surface area contributed by atoms with Crippen molar-refractivity contribution in [3.05, 3.63) is 76.3 Å². The Labute approximate surface area is 176 Å². The van der Waals surface area contributed by atoms with E-state index in [2.05, 4.69) is 36.7 Å². The Balaban J connectivity index is 1.46. The van der Waals surface area contributed by atoms with E-state index in [9.17, 15) is 9.59 Å². The number of nitrogens with one attached hydrogen (secondary N) is 2. The van der Waals surface area contributed by atoms with Crippen molar-refractivity contribution >= 4 is 33.6 Å². The zero-order valence-electron chi connectivity index (χ0n) is 15.8. The molecular weight excluding hydrogens is 438 g/mol. The minimum absolute atomic E-state index is 0.0998. The third-order valence-corrected chi connectivity index (χ3v) is 4.54. The normalized spacial score (nSPS) is 10.4. The molecule has 0 bridgehead atoms. The highest BCUT2D eigenvalue weighted by Crippen LogP contribution is 2.16. The fourth-order valence-corrected chi connectivity index (χ4v) is 2.86. The number of urea groups is 1. The number of benzene rings is 2. The molecule has 0 fully saturated rings. The molecule has 2 N–H and O–H groups in total. The first kappa shape index (κ1) is 20.5. The van der Waals surface area contributed by atoms with Crippen LogP contribution >= 0.6 is 15.9 Å². The van der Waals surface area contributed by atoms with Gasteiger partial charge in [-0.15, -0.1) is 0 Å². The van der Waals surface area contributed by atoms with E-state index in [0.29, 0.717) is 31.0 Å². The Bertz CT molecular complexity index is 977. The molecule has 150 valence electrons. The summed E-state index contributed by atoms with van der Waals surface area (Å²) in [6.45, 7) is 0.736. The molecule has 0 aliphatic heterocycles. The number of carbonyl (C=O) groups is 2. The third-order valence-electron chi connectivity index (χ3n) is 4.05. The van der Waals surface area contributed by atoms with Crippen LogP contribution in [0.15, 0.2) is 63.6 Å². The predicted molar refractivity (Wildman–Crippen MR) is 111 cm³/mol. The summed E-state index contributed by atoms with van der Waals surface area (Å²) in [6, 6.07) is 16.6. The Hall–Kier alpha value is -3.20. The van der Waals surface area contributed by atoms with Crippen LogP contribution in [0.1, 0.15) is 22.1 Å². The molecule has 8 nitrogen and oxygen atoms in total. The number of aromatic nitrogens is 2. The average molecular weight is 458 g/mol. The van der Waals surface area contributed by atoms with Crippen molar-refractivity contribution in [2.75, 3.05) is 18.9 Å². The van der Waals surface area contributed by atoms with Gasteiger partial charge in [-0.2, -0.15) is 4.98 Å². The summed E-state index contributed by atoms with van der Waals surface area (Å²) in [6.07, 6.45) is 0.359. The Morgan fingerprint density at radius 2 is 1.93 bits per heavy atom. The molecule has 0 saturated carbocycles. The second kappa shape index (κ2) is 9.83. The molecule has 0 atom stereocenters. The van der Waals surface area contributed by atoms with Gasteiger partial charge in [-0.1, -0.05) is 57.5 Å². The smallest absolute Gasteiger partial charge is 0.321 e. The molecule has 0 aliphatic carbocycles. The van der Waals surface area contributed by atoms with Gasteiger partial charge < -0.3 is 20.1 Å². The van der Waals surface area contributed by atoms with E-state index in [1.165, 1.54) is 4.90 Å². The maximum absolute atomic E-state index is 12.2. The molecule has 1 aromatic heterocycles. The van der Waals surface area contributed by atoms with Crippen LogP contribution in [-0.4, -0.2) is 40.6 Å². The topological polar surface area (TPSA) is 100 Å². The van der Waals surface area contributed by atoms with E-state index in [1.807, 2.05) is 48.5 Å². The lowest BCUT2D eigenvalue weighted by molar-refractivity contribution is 0.0907. The summed E-state index contributed by atoms with van der Waals surface area (Å²) in [5.74, 6) is -0.178. The number of amides is 3. The van der Waals surface area contributed by atoms with Gasteiger partial charge in [0.25, 0.3) is 0 Å². The molecule has 2 aromatic carbocycles. The van der Waals surface area contributed by atoms with Gasteiger partial charge in [0, 0.05) is 36.7 Å². The summed E-state index contributed by atoms with van der Waals surface area (Å²) < 4.78 is 5.90. The summed E-state index contributed by atoms with van der Waals surface area (Å²) in [5, 5.41) is 9.34. The van der Waals surface area contributed by atoms with Gasteiger partial charge in [0.2, 0.25) is 0 Å². The molecule has 0 unspecified atom stereocenters. The number of halogens is 1. The van der Waals surface area contributed by atoms with Crippen molar-refractivity contribution in [3.63, 3.8) is 0 Å². The van der Waals surface area contributed by atoms with Gasteiger partial charge in [-0.25, -0.2) is 4.79 Å². The molecule has 29 heavy (non-hydrogen) atoms. The Kier molecular flexibility index (Phi) is 6.96. The molecule has 1 heterocycles. The van der Waals surface area contributed by atoms with Crippen LogP contribution in [0.2, 0.25) is 0 Å². The highest BCUT2D eigenvalue weighted by Gasteiger charge is 2.16. The molecule has 3 rings (SSSR count). The number of nitrogens with zero attached hydrogens (tertiary/aromatic N) is 3. The number of hydrogen-bond donors (Lipinski definition) is 2. The summed E-state index contributed by atoms with van der Waals surface area (Å²) >= 11 is 3.36. The molecule has 0 radical (unpaired) electrons. The van der Waals surface area contributed by atoms with Crippen LogP contribution < -0.4 is 10.6 Å². The first-order chi connectivity index (χ1) is 14.0. The first-order valence-corrected chi connectivity index (χ1v) is 9.73. The molecular formula is C20H20BrN5O3. The minimum Gasteiger partial charge on any atom is -0.344 e. The standard InChI is InChI=1S/C20H20BrN5O3/c1-26(20(28)23-16-9-5-8-15(21)12-16)11-10-17-24-19(29-25-17)18(27)22-13-14-6-3-2-4-7-14/h2-9,12H,10-11,13H2,1H3,(H,22,27)(H,23,28). The number of likely N-dealkylation sites (N-methyl/N-ethyl adjacent to an activating group) is 1. The zero-order chi connectivity index (χ0) is 20.6. The van der Waals surface area contributed by atoms with Gasteiger partial charge >= 0.3 is 17.8 Å². The molecule has 3 aromatic rings. The van der Waals surface area contributed by atoms with Crippen LogP contribution in [0.4, 0.5) is 10.5 Å². The first-order valence-electron chi connectivity index (χ1n) is 8.93. The summed E-state index contributed by atoms with van der Waals surface area (Å²) in [7, 11) is 1.67. The summed E-state index contributed by atoms with van der Waals surface area (Å²) in [5.41, 5.74) is 1.66. The van der Waals surface area contributed by atoms with Gasteiger partial charge in [-0.3, -0.25) is 4.79 Å². The second-order valence-electron chi connectivity index (χ2n) is 6.30. The summed E-state index contributed by atoms with van der Waals surface area (Å²) in [4.78, 5) is 30.0. The van der Waals surface area contributed by atoms with Crippen molar-refractivity contribution in [1.29, 1.82) is 0 Å². The largest absolute Gasteiger partial charge is 0.344 e. The maximum Gasteiger partial charge on any atom is 0.321 e. The fraction of sp³-hybridized carbons (Fsp3) is 0.200. The van der Waals surface area contributed by atoms with E-state index >= 15 is 0 Å². The van der Waals surface area contributed by atoms with E-state index in [1.54, 1.807) is 13.1 Å². The monoisotopic (exact) mass is 457 g/mol. The van der Waals surface area contributed by atoms with Gasteiger partial charge in [0.1, 0.15) is 0 Å². The highest BCUT2D eigenvalue weighted by molar-refractivity contribution is 9.10. The van der Waals surface area contributed by atoms with Crippen molar-refractivity contribution in [3.8, 4) is 0 Å². The number of hydrogen-bond acceptors (Lipinski definition) is 5. The van der Waals surface area contributed by atoms with Crippen molar-refractivity contribution in [2.45, 2.75) is 13.0 Å². The average Bonchev–Trinajstić information content (AvgIpc) is 3.20. The predicted octanol–water partition coefficient (Wildman–Crippen LogP) is 3.47. The lowest BCUT2D eigenvalue weighted by Gasteiger charge is -2.17. The number of rotatable bonds is 7. The second-order valence-corrected chi connectivity index (χ2v) is 7.21. The molecule has 3 amide bonds. The Morgan fingerprint density at radius 3 is 2.69 bits per heavy atom. The van der Waals surface area contributed by atoms with E-state index in [-0.39, 0.29) is 11.9 Å². The maximum atomic E-state index is 12.2. The van der Waals surface area contributed by atoms with Crippen LogP contribution in [-0.2, 0) is 13.0 Å². The van der Waals surface area contributed by atoms with Crippen molar-refractivity contribution < 1.29 is 14.1 Å². The van der Waals surface area contributed by atoms with Crippen LogP contribution in [0.5, 0.6) is 0 Å². The van der Waals surface area contributed by atoms with E-state index < -0.39 is 5.91 Å². The van der Waals surface area contributed by atoms with Crippen LogP contribution in [0.25, 0.3) is 0 Å². The molecule has 0 aliphatic rings. The zero-order valence-corrected chi connectivity index (χ0v) is 17.3. The minimum atomic E-state index is -0.437. The molecule has 0 spiro atoms. The Morgan fingerprint density at radius 1 is 1.14 bits per heavy atom. The fourth-order valence-electron chi connectivity index (χ4n) is 2.46. The van der Waals surface area contributed by atoms with Gasteiger partial charge in [-0.05, 0) is 23.8 Å². The highest BCUT2D eigenvalue weighted by atomic mass is 79.9.